The zero-order valence-electron chi connectivity index (χ0n) is 13.5. The summed E-state index contributed by atoms with van der Waals surface area (Å²) in [5.74, 6) is 1.06. The van der Waals surface area contributed by atoms with Crippen molar-refractivity contribution in [3.8, 4) is 5.75 Å². The van der Waals surface area contributed by atoms with Gasteiger partial charge in [0.1, 0.15) is 11.9 Å². The Morgan fingerprint density at radius 2 is 2.00 bits per heavy atom. The zero-order valence-corrected chi connectivity index (χ0v) is 13.5. The Morgan fingerprint density at radius 1 is 1.30 bits per heavy atom. The van der Waals surface area contributed by atoms with Crippen LogP contribution in [0.4, 0.5) is 0 Å². The molecule has 0 radical (unpaired) electrons. The highest BCUT2D eigenvalue weighted by Gasteiger charge is 2.38. The maximum absolute atomic E-state index is 6.31. The van der Waals surface area contributed by atoms with Gasteiger partial charge >= 0.3 is 0 Å². The van der Waals surface area contributed by atoms with Gasteiger partial charge in [-0.2, -0.15) is 5.48 Å². The number of fused-ring (bicyclic) bond motifs is 1. The first-order chi connectivity index (χ1) is 9.40. The zero-order chi connectivity index (χ0) is 14.9. The van der Waals surface area contributed by atoms with Crippen molar-refractivity contribution in [3.63, 3.8) is 0 Å². The Labute approximate surface area is 122 Å². The molecule has 0 spiro atoms. The van der Waals surface area contributed by atoms with Gasteiger partial charge in [-0.3, -0.25) is 0 Å². The van der Waals surface area contributed by atoms with E-state index in [1.54, 1.807) is 7.11 Å². The average molecular weight is 277 g/mol. The second-order valence-corrected chi connectivity index (χ2v) is 6.67. The van der Waals surface area contributed by atoms with Crippen molar-refractivity contribution in [3.05, 3.63) is 28.8 Å². The van der Waals surface area contributed by atoms with E-state index >= 15 is 0 Å². The summed E-state index contributed by atoms with van der Waals surface area (Å²) in [4.78, 5) is 5.21. The number of hydroxylamine groups is 1. The van der Waals surface area contributed by atoms with Gasteiger partial charge in [0.25, 0.3) is 0 Å². The van der Waals surface area contributed by atoms with E-state index in [2.05, 4.69) is 52.2 Å². The maximum Gasteiger partial charge on any atom is 0.128 e. The van der Waals surface area contributed by atoms with Gasteiger partial charge < -0.3 is 9.57 Å². The number of rotatable bonds is 4. The number of nitrogens with one attached hydrogen (secondary N) is 1. The summed E-state index contributed by atoms with van der Waals surface area (Å²) >= 11 is 0. The van der Waals surface area contributed by atoms with E-state index in [0.29, 0.717) is 0 Å². The molecule has 20 heavy (non-hydrogen) atoms. The topological polar surface area (TPSA) is 30.5 Å². The van der Waals surface area contributed by atoms with Gasteiger partial charge in [0.2, 0.25) is 0 Å². The molecule has 3 heteroatoms. The van der Waals surface area contributed by atoms with Gasteiger partial charge in [-0.25, -0.2) is 0 Å². The SMILES string of the molecule is CCCC1Oc2c(C(C)(C)C)ccc(C)c2C1NOC. The van der Waals surface area contributed by atoms with E-state index in [1.807, 2.05) is 0 Å². The second-order valence-electron chi connectivity index (χ2n) is 6.67. The first-order valence-electron chi connectivity index (χ1n) is 7.49. The van der Waals surface area contributed by atoms with Crippen molar-refractivity contribution in [2.45, 2.75) is 65.0 Å². The molecule has 0 saturated carbocycles. The van der Waals surface area contributed by atoms with Gasteiger partial charge in [0.05, 0.1) is 13.2 Å². The lowest BCUT2D eigenvalue weighted by molar-refractivity contribution is 0.0266. The fourth-order valence-corrected chi connectivity index (χ4v) is 2.98. The van der Waals surface area contributed by atoms with E-state index in [9.17, 15) is 0 Å². The van der Waals surface area contributed by atoms with Crippen LogP contribution >= 0.6 is 0 Å². The van der Waals surface area contributed by atoms with Crippen molar-refractivity contribution in [2.24, 2.45) is 0 Å². The average Bonchev–Trinajstić information content (AvgIpc) is 2.69. The largest absolute Gasteiger partial charge is 0.488 e. The molecule has 2 rings (SSSR count). The standard InChI is InChI=1S/C17H27NO2/c1-7-8-13-15(18-19-6)14-11(2)9-10-12(16(14)20-13)17(3,4)5/h9-10,13,15,18H,7-8H2,1-6H3. The van der Waals surface area contributed by atoms with Crippen molar-refractivity contribution in [1.82, 2.24) is 5.48 Å². The molecule has 3 nitrogen and oxygen atoms in total. The van der Waals surface area contributed by atoms with Crippen LogP contribution in [0.5, 0.6) is 5.75 Å². The van der Waals surface area contributed by atoms with Crippen LogP contribution in [0.25, 0.3) is 0 Å². The van der Waals surface area contributed by atoms with E-state index < -0.39 is 0 Å². The Balaban J connectivity index is 2.50. The Hall–Kier alpha value is -1.06. The Morgan fingerprint density at radius 3 is 2.55 bits per heavy atom. The molecule has 0 amide bonds. The number of ether oxygens (including phenoxy) is 1. The summed E-state index contributed by atoms with van der Waals surface area (Å²) in [6, 6.07) is 4.52. The third kappa shape index (κ3) is 2.70. The number of hydrogen-bond acceptors (Lipinski definition) is 3. The van der Waals surface area contributed by atoms with E-state index in [-0.39, 0.29) is 17.6 Å². The fourth-order valence-electron chi connectivity index (χ4n) is 2.98. The summed E-state index contributed by atoms with van der Waals surface area (Å²) in [5.41, 5.74) is 7.01. The highest BCUT2D eigenvalue weighted by molar-refractivity contribution is 5.53. The lowest BCUT2D eigenvalue weighted by atomic mass is 9.83. The summed E-state index contributed by atoms with van der Waals surface area (Å²) in [5, 5.41) is 0. The van der Waals surface area contributed by atoms with Crippen LogP contribution in [0.3, 0.4) is 0 Å². The number of hydrogen-bond donors (Lipinski definition) is 1. The fraction of sp³-hybridized carbons (Fsp3) is 0.647. The minimum atomic E-state index is 0.0799. The van der Waals surface area contributed by atoms with Gasteiger partial charge in [-0.1, -0.05) is 46.2 Å². The molecule has 1 aromatic carbocycles. The Kier molecular flexibility index (Phi) is 4.40. The lowest BCUT2D eigenvalue weighted by Crippen LogP contribution is -2.30. The highest BCUT2D eigenvalue weighted by Crippen LogP contribution is 2.46. The van der Waals surface area contributed by atoms with Crippen molar-refractivity contribution < 1.29 is 9.57 Å². The smallest absolute Gasteiger partial charge is 0.128 e. The van der Waals surface area contributed by atoms with Crippen LogP contribution in [0, 0.1) is 6.92 Å². The third-order valence-electron chi connectivity index (χ3n) is 3.99. The molecule has 0 fully saturated rings. The van der Waals surface area contributed by atoms with Crippen molar-refractivity contribution in [1.29, 1.82) is 0 Å². The highest BCUT2D eigenvalue weighted by atomic mass is 16.6. The predicted octanol–water partition coefficient (Wildman–Crippen LogP) is 4.05. The molecule has 1 N–H and O–H groups in total. The molecule has 0 aromatic heterocycles. The van der Waals surface area contributed by atoms with Crippen LogP contribution in [0.2, 0.25) is 0 Å². The van der Waals surface area contributed by atoms with Crippen molar-refractivity contribution in [2.75, 3.05) is 7.11 Å². The minimum absolute atomic E-state index is 0.0799. The monoisotopic (exact) mass is 277 g/mol. The van der Waals surface area contributed by atoms with Gasteiger partial charge in [0.15, 0.2) is 0 Å². The van der Waals surface area contributed by atoms with Crippen LogP contribution in [-0.4, -0.2) is 13.2 Å². The summed E-state index contributed by atoms with van der Waals surface area (Å²) in [7, 11) is 1.67. The molecule has 1 aliphatic rings. The molecule has 0 saturated heterocycles. The molecule has 1 aliphatic heterocycles. The molecular weight excluding hydrogens is 250 g/mol. The van der Waals surface area contributed by atoms with Crippen LogP contribution < -0.4 is 10.2 Å². The quantitative estimate of drug-likeness (QED) is 0.842. The van der Waals surface area contributed by atoms with Gasteiger partial charge in [-0.15, -0.1) is 0 Å². The van der Waals surface area contributed by atoms with E-state index in [0.717, 1.165) is 18.6 Å². The first-order valence-corrected chi connectivity index (χ1v) is 7.49. The molecule has 0 bridgehead atoms. The Bertz CT molecular complexity index is 477. The molecule has 2 atom stereocenters. The molecule has 2 unspecified atom stereocenters. The summed E-state index contributed by atoms with van der Waals surface area (Å²) in [6.45, 7) is 11.0. The van der Waals surface area contributed by atoms with Crippen LogP contribution in [-0.2, 0) is 10.3 Å². The lowest BCUT2D eigenvalue weighted by Gasteiger charge is -2.23. The van der Waals surface area contributed by atoms with Gasteiger partial charge in [0, 0.05) is 5.56 Å². The summed E-state index contributed by atoms with van der Waals surface area (Å²) < 4.78 is 6.31. The normalized spacial score (nSPS) is 21.7. The third-order valence-corrected chi connectivity index (χ3v) is 3.99. The predicted molar refractivity (Wildman–Crippen MR) is 82.1 cm³/mol. The maximum atomic E-state index is 6.31. The second kappa shape index (κ2) is 5.74. The first kappa shape index (κ1) is 15.3. The molecular formula is C17H27NO2. The number of aryl methyl sites for hydroxylation is 1. The van der Waals surface area contributed by atoms with E-state index in [4.69, 9.17) is 9.57 Å². The minimum Gasteiger partial charge on any atom is -0.488 e. The van der Waals surface area contributed by atoms with E-state index in [1.165, 1.54) is 16.7 Å². The van der Waals surface area contributed by atoms with Gasteiger partial charge in [-0.05, 0) is 29.9 Å². The molecule has 1 heterocycles. The molecule has 0 aliphatic carbocycles. The molecule has 112 valence electrons. The summed E-state index contributed by atoms with van der Waals surface area (Å²) in [6.07, 6.45) is 2.28. The number of benzene rings is 1. The van der Waals surface area contributed by atoms with Crippen LogP contribution in [0.1, 0.15) is 63.3 Å². The van der Waals surface area contributed by atoms with Crippen LogP contribution in [0.15, 0.2) is 12.1 Å². The van der Waals surface area contributed by atoms with Crippen molar-refractivity contribution >= 4 is 0 Å². The molecule has 1 aromatic rings.